The van der Waals surface area contributed by atoms with E-state index in [1.165, 1.54) is 6.42 Å². The number of nitrogens with zero attached hydrogens (tertiary/aromatic N) is 1. The van der Waals surface area contributed by atoms with Crippen molar-refractivity contribution >= 4 is 17.9 Å². The van der Waals surface area contributed by atoms with Crippen LogP contribution in [0.3, 0.4) is 0 Å². The quantitative estimate of drug-likeness (QED) is 0.556. The number of anilines is 1. The topological polar surface area (TPSA) is 32.3 Å². The molecular weight excluding hydrogens is 256 g/mol. The Labute approximate surface area is 121 Å². The van der Waals surface area contributed by atoms with Crippen molar-refractivity contribution in [2.24, 2.45) is 0 Å². The van der Waals surface area contributed by atoms with Gasteiger partial charge in [0.1, 0.15) is 0 Å². The van der Waals surface area contributed by atoms with E-state index < -0.39 is 0 Å². The molecular formula is C15H26N2OS. The Kier molecular flexibility index (Phi) is 6.66. The van der Waals surface area contributed by atoms with Crippen LogP contribution in [0.5, 0.6) is 0 Å². The number of rotatable bonds is 9. The van der Waals surface area contributed by atoms with Crippen LogP contribution in [0, 0.1) is 4.51 Å². The minimum Gasteiger partial charge on any atom is -0.382 e. The molecule has 108 valence electrons. The maximum absolute atomic E-state index is 11.7. The third kappa shape index (κ3) is 4.11. The number of hydrogen-bond acceptors (Lipinski definition) is 4. The van der Waals surface area contributed by atoms with Crippen molar-refractivity contribution in [2.45, 2.75) is 46.5 Å². The van der Waals surface area contributed by atoms with Crippen molar-refractivity contribution in [2.75, 3.05) is 31.5 Å². The van der Waals surface area contributed by atoms with Gasteiger partial charge in [-0.25, -0.2) is 0 Å². The van der Waals surface area contributed by atoms with Crippen LogP contribution in [-0.2, 0) is 0 Å². The van der Waals surface area contributed by atoms with Crippen LogP contribution in [0.1, 0.15) is 52.0 Å². The lowest BCUT2D eigenvalue weighted by molar-refractivity contribution is 0.288. The van der Waals surface area contributed by atoms with Gasteiger partial charge in [-0.3, -0.25) is 4.79 Å². The van der Waals surface area contributed by atoms with Crippen LogP contribution in [0.15, 0.2) is 4.79 Å². The molecule has 1 N–H and O–H groups in total. The highest BCUT2D eigenvalue weighted by molar-refractivity contribution is 7.71. The summed E-state index contributed by atoms with van der Waals surface area (Å²) in [6.07, 6.45) is 2.25. The number of hydrogen-bond donors (Lipinski definition) is 1. The first-order valence-electron chi connectivity index (χ1n) is 7.32. The predicted octanol–water partition coefficient (Wildman–Crippen LogP) is 3.31. The monoisotopic (exact) mass is 282 g/mol. The van der Waals surface area contributed by atoms with Gasteiger partial charge in [-0.05, 0) is 38.4 Å². The van der Waals surface area contributed by atoms with Crippen molar-refractivity contribution in [3.05, 3.63) is 20.3 Å². The van der Waals surface area contributed by atoms with Crippen LogP contribution in [0.25, 0.3) is 0 Å². The van der Waals surface area contributed by atoms with E-state index in [4.69, 9.17) is 12.2 Å². The highest BCUT2D eigenvalue weighted by Crippen LogP contribution is 2.25. The van der Waals surface area contributed by atoms with Gasteiger partial charge in [-0.15, -0.1) is 0 Å². The zero-order valence-electron chi connectivity index (χ0n) is 12.6. The van der Waals surface area contributed by atoms with E-state index in [0.29, 0.717) is 10.4 Å². The summed E-state index contributed by atoms with van der Waals surface area (Å²) in [7, 11) is 0. The second kappa shape index (κ2) is 7.75. The molecule has 0 spiro atoms. The van der Waals surface area contributed by atoms with Gasteiger partial charge in [-0.2, -0.15) is 0 Å². The molecule has 0 saturated carbocycles. The Bertz CT molecular complexity index is 461. The fourth-order valence-electron chi connectivity index (χ4n) is 2.40. The molecule has 0 heterocycles. The van der Waals surface area contributed by atoms with Crippen LogP contribution in [0.4, 0.5) is 5.69 Å². The van der Waals surface area contributed by atoms with Crippen LogP contribution >= 0.6 is 12.2 Å². The molecule has 0 aromatic heterocycles. The molecule has 0 atom stereocenters. The predicted molar refractivity (Wildman–Crippen MR) is 85.5 cm³/mol. The van der Waals surface area contributed by atoms with Gasteiger partial charge in [0.2, 0.25) is 5.43 Å². The smallest absolute Gasteiger partial charge is 0.220 e. The fourth-order valence-corrected chi connectivity index (χ4v) is 2.84. The maximum atomic E-state index is 11.7. The molecule has 0 amide bonds. The normalized spacial score (nSPS) is 11.7. The molecule has 3 nitrogen and oxygen atoms in total. The third-order valence-electron chi connectivity index (χ3n) is 3.46. The highest BCUT2D eigenvalue weighted by atomic mass is 32.1. The van der Waals surface area contributed by atoms with Gasteiger partial charge in [0.15, 0.2) is 0 Å². The first-order chi connectivity index (χ1) is 9.02. The standard InChI is InChI=1S/C15H26N2OS/c1-5-9-17(6-2)10-7-8-16-13-12(11(3)4)15(19)14(13)18/h11,16H,5-10H2,1-4H3. The molecule has 0 saturated heterocycles. The van der Waals surface area contributed by atoms with Crippen molar-refractivity contribution in [3.8, 4) is 0 Å². The second-order valence-electron chi connectivity index (χ2n) is 5.32. The van der Waals surface area contributed by atoms with Crippen molar-refractivity contribution in [1.82, 2.24) is 4.90 Å². The summed E-state index contributed by atoms with van der Waals surface area (Å²) in [5.41, 5.74) is 1.83. The Morgan fingerprint density at radius 2 is 1.95 bits per heavy atom. The van der Waals surface area contributed by atoms with Gasteiger partial charge in [0, 0.05) is 12.1 Å². The Hall–Kier alpha value is -0.740. The van der Waals surface area contributed by atoms with Gasteiger partial charge in [-0.1, -0.05) is 39.9 Å². The van der Waals surface area contributed by atoms with E-state index in [-0.39, 0.29) is 5.43 Å². The molecule has 19 heavy (non-hydrogen) atoms. The lowest BCUT2D eigenvalue weighted by atomic mass is 9.96. The molecule has 1 aromatic carbocycles. The third-order valence-corrected chi connectivity index (χ3v) is 3.87. The average molecular weight is 282 g/mol. The Morgan fingerprint density at radius 1 is 1.26 bits per heavy atom. The SMILES string of the molecule is CCCN(CC)CCCNc1c(C(C)C)c(=S)c1=O. The van der Waals surface area contributed by atoms with Crippen LogP contribution in [0.2, 0.25) is 0 Å². The van der Waals surface area contributed by atoms with Gasteiger partial charge in [0.05, 0.1) is 10.2 Å². The zero-order valence-corrected chi connectivity index (χ0v) is 13.4. The van der Waals surface area contributed by atoms with Crippen molar-refractivity contribution < 1.29 is 0 Å². The van der Waals surface area contributed by atoms with E-state index in [1.807, 2.05) is 0 Å². The second-order valence-corrected chi connectivity index (χ2v) is 5.72. The summed E-state index contributed by atoms with van der Waals surface area (Å²) >= 11 is 5.10. The Balaban J connectivity index is 2.40. The summed E-state index contributed by atoms with van der Waals surface area (Å²) in [6.45, 7) is 12.7. The van der Waals surface area contributed by atoms with Gasteiger partial charge in [0.25, 0.3) is 0 Å². The van der Waals surface area contributed by atoms with E-state index in [1.54, 1.807) is 0 Å². The first-order valence-corrected chi connectivity index (χ1v) is 7.73. The van der Waals surface area contributed by atoms with Crippen molar-refractivity contribution in [1.29, 1.82) is 0 Å². The summed E-state index contributed by atoms with van der Waals surface area (Å²) in [6, 6.07) is 0. The first kappa shape index (κ1) is 16.3. The lowest BCUT2D eigenvalue weighted by Gasteiger charge is -2.21. The molecule has 0 fully saturated rings. The van der Waals surface area contributed by atoms with Crippen LogP contribution in [-0.4, -0.2) is 31.1 Å². The Morgan fingerprint density at radius 3 is 2.47 bits per heavy atom. The minimum atomic E-state index is 0.0274. The molecule has 0 radical (unpaired) electrons. The van der Waals surface area contributed by atoms with E-state index >= 15 is 0 Å². The summed E-state index contributed by atoms with van der Waals surface area (Å²) in [5.74, 6) is 0.333. The molecule has 0 aliphatic rings. The molecule has 0 aliphatic heterocycles. The van der Waals surface area contributed by atoms with Crippen molar-refractivity contribution in [3.63, 3.8) is 0 Å². The van der Waals surface area contributed by atoms with Crippen LogP contribution < -0.4 is 10.7 Å². The molecule has 1 rings (SSSR count). The summed E-state index contributed by atoms with van der Waals surface area (Å²) in [4.78, 5) is 14.1. The molecule has 4 heteroatoms. The summed E-state index contributed by atoms with van der Waals surface area (Å²) in [5, 5.41) is 3.27. The largest absolute Gasteiger partial charge is 0.382 e. The molecule has 1 aromatic rings. The molecule has 0 unspecified atom stereocenters. The van der Waals surface area contributed by atoms with Gasteiger partial charge >= 0.3 is 0 Å². The van der Waals surface area contributed by atoms with E-state index in [9.17, 15) is 4.79 Å². The minimum absolute atomic E-state index is 0.0274. The molecule has 0 bridgehead atoms. The average Bonchev–Trinajstić information content (AvgIpc) is 2.39. The maximum Gasteiger partial charge on any atom is 0.220 e. The zero-order chi connectivity index (χ0) is 14.4. The van der Waals surface area contributed by atoms with Gasteiger partial charge < -0.3 is 10.2 Å². The lowest BCUT2D eigenvalue weighted by Crippen LogP contribution is -2.28. The molecule has 0 aliphatic carbocycles. The number of nitrogens with one attached hydrogen (secondary N) is 1. The van der Waals surface area contributed by atoms with E-state index in [0.717, 1.165) is 43.9 Å². The fraction of sp³-hybridized carbons (Fsp3) is 0.733. The highest BCUT2D eigenvalue weighted by Gasteiger charge is 2.19. The summed E-state index contributed by atoms with van der Waals surface area (Å²) < 4.78 is 0.527. The van der Waals surface area contributed by atoms with E-state index in [2.05, 4.69) is 37.9 Å².